The predicted molar refractivity (Wildman–Crippen MR) is 63.5 cm³/mol. The Hall–Kier alpha value is -0.550. The van der Waals surface area contributed by atoms with Crippen LogP contribution in [0.25, 0.3) is 0 Å². The minimum absolute atomic E-state index is 0.695. The number of piperidine rings is 1. The van der Waals surface area contributed by atoms with Crippen molar-refractivity contribution in [2.45, 2.75) is 51.9 Å². The third-order valence-corrected chi connectivity index (χ3v) is 3.46. The molecule has 0 aliphatic carbocycles. The number of likely N-dealkylation sites (tertiary alicyclic amines) is 1. The fourth-order valence-corrected chi connectivity index (χ4v) is 2.39. The van der Waals surface area contributed by atoms with Crippen molar-refractivity contribution in [3.05, 3.63) is 0 Å². The topological polar surface area (TPSA) is 27.0 Å². The highest BCUT2D eigenvalue weighted by molar-refractivity contribution is 4.76. The summed E-state index contributed by atoms with van der Waals surface area (Å²) in [6, 6.07) is 2.23. The zero-order chi connectivity index (χ0) is 10.9. The van der Waals surface area contributed by atoms with Gasteiger partial charge >= 0.3 is 0 Å². The molecule has 1 fully saturated rings. The van der Waals surface area contributed by atoms with Crippen molar-refractivity contribution in [2.75, 3.05) is 19.6 Å². The van der Waals surface area contributed by atoms with Crippen LogP contribution >= 0.6 is 0 Å². The monoisotopic (exact) mass is 208 g/mol. The number of unbranched alkanes of at least 4 members (excludes halogenated alkanes) is 2. The Labute approximate surface area is 94.3 Å². The van der Waals surface area contributed by atoms with Crippen LogP contribution in [0.5, 0.6) is 0 Å². The zero-order valence-corrected chi connectivity index (χ0v) is 10.0. The van der Waals surface area contributed by atoms with Gasteiger partial charge in [0, 0.05) is 13.0 Å². The first-order valence-electron chi connectivity index (χ1n) is 6.46. The summed E-state index contributed by atoms with van der Waals surface area (Å²) >= 11 is 0. The molecule has 0 saturated carbocycles. The maximum Gasteiger partial charge on any atom is 0.0635 e. The van der Waals surface area contributed by atoms with E-state index in [1.165, 1.54) is 51.6 Å². The molecule has 0 aromatic rings. The SMILES string of the molecule is CCCCCC1CCN(CCC#N)CC1. The molecule has 1 heterocycles. The largest absolute Gasteiger partial charge is 0.302 e. The van der Waals surface area contributed by atoms with E-state index in [0.717, 1.165) is 12.5 Å². The smallest absolute Gasteiger partial charge is 0.0635 e. The van der Waals surface area contributed by atoms with Crippen molar-refractivity contribution in [3.8, 4) is 6.07 Å². The summed E-state index contributed by atoms with van der Waals surface area (Å²) in [6.07, 6.45) is 8.99. The van der Waals surface area contributed by atoms with Gasteiger partial charge in [0.2, 0.25) is 0 Å². The summed E-state index contributed by atoms with van der Waals surface area (Å²) in [7, 11) is 0. The van der Waals surface area contributed by atoms with Gasteiger partial charge < -0.3 is 4.90 Å². The number of nitrogens with zero attached hydrogens (tertiary/aromatic N) is 2. The van der Waals surface area contributed by atoms with Crippen molar-refractivity contribution in [2.24, 2.45) is 5.92 Å². The van der Waals surface area contributed by atoms with E-state index in [2.05, 4.69) is 17.9 Å². The summed E-state index contributed by atoms with van der Waals surface area (Å²) in [5, 5.41) is 8.52. The molecule has 86 valence electrons. The van der Waals surface area contributed by atoms with E-state index >= 15 is 0 Å². The Morgan fingerprint density at radius 3 is 2.60 bits per heavy atom. The van der Waals surface area contributed by atoms with Crippen LogP contribution in [-0.4, -0.2) is 24.5 Å². The lowest BCUT2D eigenvalue weighted by molar-refractivity contribution is 0.180. The molecule has 0 atom stereocenters. The molecule has 2 nitrogen and oxygen atoms in total. The predicted octanol–water partition coefficient (Wildman–Crippen LogP) is 3.19. The maximum absolute atomic E-state index is 8.52. The van der Waals surface area contributed by atoms with E-state index in [1.54, 1.807) is 0 Å². The van der Waals surface area contributed by atoms with Crippen LogP contribution in [0.15, 0.2) is 0 Å². The number of rotatable bonds is 6. The molecule has 0 radical (unpaired) electrons. The summed E-state index contributed by atoms with van der Waals surface area (Å²) in [5.41, 5.74) is 0. The standard InChI is InChI=1S/C13H24N2/c1-2-3-4-6-13-7-11-15(12-8-13)10-5-9-14/h13H,2-8,10-12H2,1H3. The van der Waals surface area contributed by atoms with E-state index in [9.17, 15) is 0 Å². The Bertz CT molecular complexity index is 187. The van der Waals surface area contributed by atoms with Crippen molar-refractivity contribution in [1.82, 2.24) is 4.90 Å². The lowest BCUT2D eigenvalue weighted by Crippen LogP contribution is -2.34. The van der Waals surface area contributed by atoms with Gasteiger partial charge in [-0.05, 0) is 31.8 Å². The highest BCUT2D eigenvalue weighted by atomic mass is 15.1. The van der Waals surface area contributed by atoms with E-state index in [-0.39, 0.29) is 0 Å². The first-order chi connectivity index (χ1) is 7.36. The Morgan fingerprint density at radius 1 is 1.27 bits per heavy atom. The molecule has 1 rings (SSSR count). The lowest BCUT2D eigenvalue weighted by atomic mass is 9.91. The molecule has 0 spiro atoms. The summed E-state index contributed by atoms with van der Waals surface area (Å²) in [5.74, 6) is 0.967. The normalized spacial score (nSPS) is 18.9. The van der Waals surface area contributed by atoms with Gasteiger partial charge in [-0.15, -0.1) is 0 Å². The van der Waals surface area contributed by atoms with Crippen LogP contribution in [0.1, 0.15) is 51.9 Å². The van der Waals surface area contributed by atoms with Crippen molar-refractivity contribution in [3.63, 3.8) is 0 Å². The highest BCUT2D eigenvalue weighted by Crippen LogP contribution is 2.22. The second-order valence-electron chi connectivity index (χ2n) is 4.69. The fourth-order valence-electron chi connectivity index (χ4n) is 2.39. The van der Waals surface area contributed by atoms with Crippen LogP contribution in [-0.2, 0) is 0 Å². The molecule has 0 amide bonds. The van der Waals surface area contributed by atoms with Crippen molar-refractivity contribution in [1.29, 1.82) is 5.26 Å². The molecule has 1 aliphatic rings. The molecule has 2 heteroatoms. The average molecular weight is 208 g/mol. The molecule has 1 saturated heterocycles. The molecule has 0 N–H and O–H groups in total. The number of nitriles is 1. The molecule has 0 aromatic carbocycles. The number of hydrogen-bond acceptors (Lipinski definition) is 2. The van der Waals surface area contributed by atoms with Gasteiger partial charge in [0.1, 0.15) is 0 Å². The van der Waals surface area contributed by atoms with Crippen LogP contribution in [0.4, 0.5) is 0 Å². The molecule has 0 bridgehead atoms. The lowest BCUT2D eigenvalue weighted by Gasteiger charge is -2.31. The first-order valence-corrected chi connectivity index (χ1v) is 6.46. The van der Waals surface area contributed by atoms with E-state index in [4.69, 9.17) is 5.26 Å². The van der Waals surface area contributed by atoms with Gasteiger partial charge in [0.15, 0.2) is 0 Å². The van der Waals surface area contributed by atoms with Gasteiger partial charge in [0.05, 0.1) is 6.07 Å². The summed E-state index contributed by atoms with van der Waals surface area (Å²) < 4.78 is 0. The minimum atomic E-state index is 0.695. The van der Waals surface area contributed by atoms with Gasteiger partial charge in [-0.3, -0.25) is 0 Å². The van der Waals surface area contributed by atoms with Crippen molar-refractivity contribution >= 4 is 0 Å². The van der Waals surface area contributed by atoms with Gasteiger partial charge in [0.25, 0.3) is 0 Å². The molecule has 0 aromatic heterocycles. The fraction of sp³-hybridized carbons (Fsp3) is 0.923. The van der Waals surface area contributed by atoms with Crippen molar-refractivity contribution < 1.29 is 0 Å². The quantitative estimate of drug-likeness (QED) is 0.627. The van der Waals surface area contributed by atoms with Gasteiger partial charge in [-0.1, -0.05) is 32.6 Å². The molecule has 1 aliphatic heterocycles. The van der Waals surface area contributed by atoms with Gasteiger partial charge in [-0.2, -0.15) is 5.26 Å². The summed E-state index contributed by atoms with van der Waals surface area (Å²) in [4.78, 5) is 2.44. The zero-order valence-electron chi connectivity index (χ0n) is 10.0. The second kappa shape index (κ2) is 7.70. The third-order valence-electron chi connectivity index (χ3n) is 3.46. The Balaban J connectivity index is 2.05. The Morgan fingerprint density at radius 2 is 2.00 bits per heavy atom. The van der Waals surface area contributed by atoms with Gasteiger partial charge in [-0.25, -0.2) is 0 Å². The van der Waals surface area contributed by atoms with Crippen LogP contribution in [0, 0.1) is 17.2 Å². The van der Waals surface area contributed by atoms with Crippen LogP contribution in [0.3, 0.4) is 0 Å². The third kappa shape index (κ3) is 5.18. The minimum Gasteiger partial charge on any atom is -0.302 e. The molecule has 15 heavy (non-hydrogen) atoms. The van der Waals surface area contributed by atoms with Crippen LogP contribution in [0.2, 0.25) is 0 Å². The summed E-state index contributed by atoms with van der Waals surface area (Å²) in [6.45, 7) is 5.69. The van der Waals surface area contributed by atoms with E-state index in [0.29, 0.717) is 6.42 Å². The molecular weight excluding hydrogens is 184 g/mol. The Kier molecular flexibility index (Phi) is 6.43. The first kappa shape index (κ1) is 12.5. The van der Waals surface area contributed by atoms with E-state index < -0.39 is 0 Å². The van der Waals surface area contributed by atoms with E-state index in [1.807, 2.05) is 0 Å². The highest BCUT2D eigenvalue weighted by Gasteiger charge is 2.17. The number of hydrogen-bond donors (Lipinski definition) is 0. The van der Waals surface area contributed by atoms with Crippen LogP contribution < -0.4 is 0 Å². The molecule has 0 unspecified atom stereocenters. The average Bonchev–Trinajstić information content (AvgIpc) is 2.28. The molecular formula is C13H24N2. The second-order valence-corrected chi connectivity index (χ2v) is 4.69. The maximum atomic E-state index is 8.52.